The number of nitrogens with one attached hydrogen (secondary N) is 1. The van der Waals surface area contributed by atoms with E-state index in [1.165, 1.54) is 0 Å². The smallest absolute Gasteiger partial charge is 0.250 e. The summed E-state index contributed by atoms with van der Waals surface area (Å²) >= 11 is 0. The van der Waals surface area contributed by atoms with Gasteiger partial charge in [-0.15, -0.1) is 0 Å². The van der Waals surface area contributed by atoms with E-state index in [1.54, 1.807) is 0 Å². The molecule has 6 heteroatoms. The Labute approximate surface area is 153 Å². The molecule has 1 atom stereocenters. The standard InChI is InChI=1S/C20H22N2O3S/c1-12-3-2-4-13(7-12)15-8-16-18(14-5-6-26(24,25)11-14)10-22-19(16)17(9-15)20(21)23/h2-4,7-10,14,22,24-25H,5-6,11H2,1H3,(H2,21,23). The molecule has 136 valence electrons. The van der Waals surface area contributed by atoms with E-state index in [9.17, 15) is 13.9 Å². The fraction of sp³-hybridized carbons (Fsp3) is 0.250. The average molecular weight is 370 g/mol. The van der Waals surface area contributed by atoms with Crippen LogP contribution in [0.4, 0.5) is 0 Å². The molecule has 1 aliphatic rings. The Morgan fingerprint density at radius 3 is 2.69 bits per heavy atom. The summed E-state index contributed by atoms with van der Waals surface area (Å²) < 4.78 is 20.0. The van der Waals surface area contributed by atoms with Crippen molar-refractivity contribution in [2.75, 3.05) is 11.5 Å². The Morgan fingerprint density at radius 1 is 1.23 bits per heavy atom. The van der Waals surface area contributed by atoms with E-state index in [1.807, 2.05) is 37.4 Å². The zero-order valence-electron chi connectivity index (χ0n) is 14.5. The van der Waals surface area contributed by atoms with Gasteiger partial charge in [0, 0.05) is 29.0 Å². The maximum absolute atomic E-state index is 12.0. The zero-order valence-corrected chi connectivity index (χ0v) is 15.3. The molecule has 3 aromatic rings. The number of aryl methyl sites for hydroxylation is 1. The summed E-state index contributed by atoms with van der Waals surface area (Å²) in [4.78, 5) is 15.2. The van der Waals surface area contributed by atoms with Gasteiger partial charge in [-0.3, -0.25) is 13.9 Å². The van der Waals surface area contributed by atoms with Crippen LogP contribution in [0.5, 0.6) is 0 Å². The van der Waals surface area contributed by atoms with Crippen LogP contribution in [0.1, 0.15) is 33.8 Å². The summed E-state index contributed by atoms with van der Waals surface area (Å²) in [5, 5.41) is 0.930. The number of aromatic nitrogens is 1. The van der Waals surface area contributed by atoms with E-state index in [0.29, 0.717) is 22.6 Å². The molecule has 0 radical (unpaired) electrons. The number of rotatable bonds is 3. The van der Waals surface area contributed by atoms with Gasteiger partial charge in [0.05, 0.1) is 11.1 Å². The Bertz CT molecular complexity index is 1010. The Balaban J connectivity index is 1.90. The molecule has 1 amide bonds. The van der Waals surface area contributed by atoms with Gasteiger partial charge in [-0.25, -0.2) is 0 Å². The highest BCUT2D eigenvalue weighted by Gasteiger charge is 2.31. The van der Waals surface area contributed by atoms with Crippen molar-refractivity contribution >= 4 is 27.4 Å². The first-order chi connectivity index (χ1) is 12.3. The molecule has 5 N–H and O–H groups in total. The number of primary amides is 1. The van der Waals surface area contributed by atoms with Crippen molar-refractivity contribution in [1.82, 2.24) is 4.98 Å². The molecule has 0 bridgehead atoms. The predicted octanol–water partition coefficient (Wildman–Crippen LogP) is 4.48. The van der Waals surface area contributed by atoms with Gasteiger partial charge in [-0.05, 0) is 42.2 Å². The van der Waals surface area contributed by atoms with Gasteiger partial charge in [-0.1, -0.05) is 29.8 Å². The second kappa shape index (κ2) is 6.16. The molecule has 1 saturated heterocycles. The van der Waals surface area contributed by atoms with Crippen molar-refractivity contribution in [3.05, 3.63) is 59.3 Å². The van der Waals surface area contributed by atoms with Crippen LogP contribution in [0.2, 0.25) is 0 Å². The van der Waals surface area contributed by atoms with E-state index in [2.05, 4.69) is 17.1 Å². The Morgan fingerprint density at radius 2 is 2.04 bits per heavy atom. The van der Waals surface area contributed by atoms with Gasteiger partial charge in [0.15, 0.2) is 0 Å². The van der Waals surface area contributed by atoms with E-state index in [4.69, 9.17) is 5.73 Å². The van der Waals surface area contributed by atoms with Crippen LogP contribution in [0.25, 0.3) is 22.0 Å². The van der Waals surface area contributed by atoms with Crippen LogP contribution in [0, 0.1) is 6.92 Å². The van der Waals surface area contributed by atoms with E-state index < -0.39 is 16.5 Å². The highest BCUT2D eigenvalue weighted by Crippen LogP contribution is 2.52. The van der Waals surface area contributed by atoms with Crippen LogP contribution >= 0.6 is 10.6 Å². The zero-order chi connectivity index (χ0) is 18.5. The van der Waals surface area contributed by atoms with Crippen molar-refractivity contribution in [1.29, 1.82) is 0 Å². The summed E-state index contributed by atoms with van der Waals surface area (Å²) in [5.74, 6) is 0.404. The third-order valence-corrected chi connectivity index (χ3v) is 6.97. The highest BCUT2D eigenvalue weighted by atomic mass is 32.3. The predicted molar refractivity (Wildman–Crippen MR) is 107 cm³/mol. The first-order valence-electron chi connectivity index (χ1n) is 8.59. The second-order valence-corrected chi connectivity index (χ2v) is 9.43. The number of carbonyl (C=O) groups excluding carboxylic acids is 1. The molecule has 26 heavy (non-hydrogen) atoms. The Hall–Kier alpha value is -2.28. The van der Waals surface area contributed by atoms with Gasteiger partial charge in [0.1, 0.15) is 0 Å². The summed E-state index contributed by atoms with van der Waals surface area (Å²) in [5.41, 5.74) is 10.9. The second-order valence-electron chi connectivity index (χ2n) is 7.08. The monoisotopic (exact) mass is 370 g/mol. The lowest BCUT2D eigenvalue weighted by Gasteiger charge is -2.26. The average Bonchev–Trinajstić information content (AvgIpc) is 3.16. The quantitative estimate of drug-likeness (QED) is 0.547. The molecule has 5 nitrogen and oxygen atoms in total. The maximum atomic E-state index is 12.0. The van der Waals surface area contributed by atoms with Gasteiger partial charge in [-0.2, -0.15) is 10.6 Å². The maximum Gasteiger partial charge on any atom is 0.250 e. The van der Waals surface area contributed by atoms with E-state index >= 15 is 0 Å². The fourth-order valence-corrected chi connectivity index (χ4v) is 5.66. The summed E-state index contributed by atoms with van der Waals surface area (Å²) in [7, 11) is -2.49. The molecule has 4 rings (SSSR count). The molecule has 1 unspecified atom stereocenters. The minimum atomic E-state index is -2.49. The first-order valence-corrected chi connectivity index (χ1v) is 10.5. The van der Waals surface area contributed by atoms with Crippen LogP contribution in [0.15, 0.2) is 42.6 Å². The summed E-state index contributed by atoms with van der Waals surface area (Å²) in [6.45, 7) is 2.03. The number of amides is 1. The molecule has 2 heterocycles. The van der Waals surface area contributed by atoms with E-state index in [-0.39, 0.29) is 5.92 Å². The topological polar surface area (TPSA) is 99.3 Å². The van der Waals surface area contributed by atoms with Gasteiger partial charge < -0.3 is 10.7 Å². The number of benzene rings is 2. The lowest BCUT2D eigenvalue weighted by atomic mass is 9.93. The summed E-state index contributed by atoms with van der Waals surface area (Å²) in [6.07, 6.45) is 2.61. The lowest BCUT2D eigenvalue weighted by Crippen LogP contribution is -2.11. The third kappa shape index (κ3) is 3.00. The molecule has 0 aliphatic carbocycles. The molecular weight excluding hydrogens is 348 g/mol. The number of hydrogen-bond donors (Lipinski definition) is 4. The molecule has 0 saturated carbocycles. The minimum absolute atomic E-state index is 0.0715. The van der Waals surface area contributed by atoms with Gasteiger partial charge >= 0.3 is 0 Å². The number of nitrogens with two attached hydrogens (primary N) is 1. The van der Waals surface area contributed by atoms with E-state index in [0.717, 1.165) is 34.1 Å². The van der Waals surface area contributed by atoms with Gasteiger partial charge in [0.2, 0.25) is 0 Å². The van der Waals surface area contributed by atoms with Crippen molar-refractivity contribution in [3.63, 3.8) is 0 Å². The molecule has 1 aromatic heterocycles. The fourth-order valence-electron chi connectivity index (χ4n) is 3.84. The molecular formula is C20H22N2O3S. The number of carbonyl (C=O) groups is 1. The largest absolute Gasteiger partial charge is 0.366 e. The minimum Gasteiger partial charge on any atom is -0.366 e. The van der Waals surface area contributed by atoms with Crippen molar-refractivity contribution in [3.8, 4) is 11.1 Å². The van der Waals surface area contributed by atoms with Crippen LogP contribution in [-0.2, 0) is 0 Å². The van der Waals surface area contributed by atoms with Crippen LogP contribution < -0.4 is 5.73 Å². The number of hydrogen-bond acceptors (Lipinski definition) is 3. The first kappa shape index (κ1) is 17.1. The third-order valence-electron chi connectivity index (χ3n) is 5.14. The Kier molecular flexibility index (Phi) is 4.06. The molecule has 2 aromatic carbocycles. The normalized spacial score (nSPS) is 20.3. The summed E-state index contributed by atoms with van der Waals surface area (Å²) in [6, 6.07) is 12.0. The van der Waals surface area contributed by atoms with Crippen LogP contribution in [0.3, 0.4) is 0 Å². The molecule has 1 aliphatic heterocycles. The number of H-pyrrole nitrogens is 1. The number of fused-ring (bicyclic) bond motifs is 1. The SMILES string of the molecule is Cc1cccc(-c2cc(C(N)=O)c3[nH]cc(C4CCS(O)(O)C4)c3c2)c1. The van der Waals surface area contributed by atoms with Crippen LogP contribution in [-0.4, -0.2) is 31.5 Å². The number of aromatic amines is 1. The molecule has 0 spiro atoms. The highest BCUT2D eigenvalue weighted by molar-refractivity contribution is 8.24. The lowest BCUT2D eigenvalue weighted by molar-refractivity contribution is 0.100. The van der Waals surface area contributed by atoms with Gasteiger partial charge in [0.25, 0.3) is 5.91 Å². The van der Waals surface area contributed by atoms with Crippen molar-refractivity contribution in [2.24, 2.45) is 5.73 Å². The van der Waals surface area contributed by atoms with Crippen molar-refractivity contribution in [2.45, 2.75) is 19.3 Å². The van der Waals surface area contributed by atoms with Crippen molar-refractivity contribution < 1.29 is 13.9 Å². The molecule has 1 fully saturated rings.